The molecule has 0 aliphatic carbocycles. The molecule has 1 nitrogen and oxygen atoms in total. The standard InChI is InChI=1S/C12H27N/c1-6-7-8-12(9-10(2)3)13-11(4)5/h10-13H,6-9H2,1-5H3/t12-/m1/s1. The van der Waals surface area contributed by atoms with Crippen LogP contribution in [0.15, 0.2) is 0 Å². The molecule has 13 heavy (non-hydrogen) atoms. The first-order chi connectivity index (χ1) is 6.06. The van der Waals surface area contributed by atoms with Gasteiger partial charge in [-0.2, -0.15) is 0 Å². The summed E-state index contributed by atoms with van der Waals surface area (Å²) in [5, 5.41) is 3.65. The molecule has 0 radical (unpaired) electrons. The highest BCUT2D eigenvalue weighted by molar-refractivity contribution is 4.70. The summed E-state index contributed by atoms with van der Waals surface area (Å²) in [5.74, 6) is 0.813. The summed E-state index contributed by atoms with van der Waals surface area (Å²) in [6.07, 6.45) is 5.33. The predicted molar refractivity (Wildman–Crippen MR) is 61.0 cm³/mol. The molecule has 80 valence electrons. The van der Waals surface area contributed by atoms with Crippen LogP contribution in [0.25, 0.3) is 0 Å². The van der Waals surface area contributed by atoms with E-state index < -0.39 is 0 Å². The second-order valence-electron chi connectivity index (χ2n) is 4.79. The molecule has 0 aromatic carbocycles. The molecule has 0 aliphatic heterocycles. The number of hydrogen-bond acceptors (Lipinski definition) is 1. The van der Waals surface area contributed by atoms with Gasteiger partial charge in [0.1, 0.15) is 0 Å². The summed E-state index contributed by atoms with van der Waals surface area (Å²) in [4.78, 5) is 0. The van der Waals surface area contributed by atoms with Gasteiger partial charge < -0.3 is 5.32 Å². The van der Waals surface area contributed by atoms with Gasteiger partial charge in [-0.15, -0.1) is 0 Å². The van der Waals surface area contributed by atoms with Gasteiger partial charge in [0.25, 0.3) is 0 Å². The lowest BCUT2D eigenvalue weighted by atomic mass is 9.98. The largest absolute Gasteiger partial charge is 0.312 e. The molecule has 0 rings (SSSR count). The molecular formula is C12H27N. The molecule has 0 saturated heterocycles. The van der Waals surface area contributed by atoms with Crippen molar-refractivity contribution in [3.63, 3.8) is 0 Å². The Labute approximate surface area is 84.3 Å². The van der Waals surface area contributed by atoms with Crippen molar-refractivity contribution in [3.8, 4) is 0 Å². The number of rotatable bonds is 7. The Morgan fingerprint density at radius 1 is 1.08 bits per heavy atom. The third kappa shape index (κ3) is 8.29. The fourth-order valence-electron chi connectivity index (χ4n) is 1.76. The molecule has 0 heterocycles. The van der Waals surface area contributed by atoms with Crippen molar-refractivity contribution in [3.05, 3.63) is 0 Å². The van der Waals surface area contributed by atoms with Gasteiger partial charge in [-0.3, -0.25) is 0 Å². The van der Waals surface area contributed by atoms with Crippen LogP contribution in [-0.2, 0) is 0 Å². The fraction of sp³-hybridized carbons (Fsp3) is 1.00. The second kappa shape index (κ2) is 7.37. The van der Waals surface area contributed by atoms with Crippen LogP contribution in [0.1, 0.15) is 60.3 Å². The minimum atomic E-state index is 0.626. The van der Waals surface area contributed by atoms with E-state index >= 15 is 0 Å². The lowest BCUT2D eigenvalue weighted by molar-refractivity contribution is 0.365. The maximum Gasteiger partial charge on any atom is 0.00718 e. The van der Waals surface area contributed by atoms with Crippen molar-refractivity contribution in [2.24, 2.45) is 5.92 Å². The van der Waals surface area contributed by atoms with E-state index in [2.05, 4.69) is 39.9 Å². The summed E-state index contributed by atoms with van der Waals surface area (Å²) in [6, 6.07) is 1.36. The number of unbranched alkanes of at least 4 members (excludes halogenated alkanes) is 1. The summed E-state index contributed by atoms with van der Waals surface area (Å²) >= 11 is 0. The highest BCUT2D eigenvalue weighted by Crippen LogP contribution is 2.11. The van der Waals surface area contributed by atoms with Crippen molar-refractivity contribution >= 4 is 0 Å². The molecule has 1 heteroatoms. The number of hydrogen-bond donors (Lipinski definition) is 1. The van der Waals surface area contributed by atoms with E-state index in [1.807, 2.05) is 0 Å². The smallest absolute Gasteiger partial charge is 0.00718 e. The van der Waals surface area contributed by atoms with Crippen molar-refractivity contribution in [1.82, 2.24) is 5.32 Å². The molecule has 0 spiro atoms. The predicted octanol–water partition coefficient (Wildman–Crippen LogP) is 3.59. The molecule has 0 fully saturated rings. The molecule has 0 aliphatic rings. The summed E-state index contributed by atoms with van der Waals surface area (Å²) < 4.78 is 0. The quantitative estimate of drug-likeness (QED) is 0.639. The van der Waals surface area contributed by atoms with Crippen LogP contribution in [0.3, 0.4) is 0 Å². The van der Waals surface area contributed by atoms with Gasteiger partial charge >= 0.3 is 0 Å². The Morgan fingerprint density at radius 3 is 2.08 bits per heavy atom. The topological polar surface area (TPSA) is 12.0 Å². The minimum absolute atomic E-state index is 0.626. The third-order valence-electron chi connectivity index (χ3n) is 2.23. The maximum atomic E-state index is 3.65. The van der Waals surface area contributed by atoms with E-state index in [9.17, 15) is 0 Å². The Hall–Kier alpha value is -0.0400. The monoisotopic (exact) mass is 185 g/mol. The van der Waals surface area contributed by atoms with Crippen LogP contribution >= 0.6 is 0 Å². The van der Waals surface area contributed by atoms with E-state index in [4.69, 9.17) is 0 Å². The van der Waals surface area contributed by atoms with Gasteiger partial charge in [0, 0.05) is 12.1 Å². The van der Waals surface area contributed by atoms with Gasteiger partial charge in [-0.05, 0) is 18.8 Å². The first-order valence-corrected chi connectivity index (χ1v) is 5.82. The van der Waals surface area contributed by atoms with Crippen LogP contribution in [-0.4, -0.2) is 12.1 Å². The average molecular weight is 185 g/mol. The van der Waals surface area contributed by atoms with Crippen LogP contribution in [0.5, 0.6) is 0 Å². The number of nitrogens with one attached hydrogen (secondary N) is 1. The lowest BCUT2D eigenvalue weighted by Gasteiger charge is -2.22. The molecule has 1 atom stereocenters. The second-order valence-corrected chi connectivity index (χ2v) is 4.79. The summed E-state index contributed by atoms with van der Waals surface area (Å²) in [6.45, 7) is 11.3. The average Bonchev–Trinajstić information content (AvgIpc) is 1.98. The molecule has 1 N–H and O–H groups in total. The molecule has 0 saturated carbocycles. The first-order valence-electron chi connectivity index (χ1n) is 5.82. The van der Waals surface area contributed by atoms with E-state index in [0.717, 1.165) is 12.0 Å². The van der Waals surface area contributed by atoms with E-state index in [-0.39, 0.29) is 0 Å². The Balaban J connectivity index is 3.73. The van der Waals surface area contributed by atoms with Crippen LogP contribution < -0.4 is 5.32 Å². The highest BCUT2D eigenvalue weighted by atomic mass is 14.9. The normalized spacial score (nSPS) is 14.1. The van der Waals surface area contributed by atoms with Crippen LogP contribution in [0.4, 0.5) is 0 Å². The van der Waals surface area contributed by atoms with Crippen molar-refractivity contribution in [2.75, 3.05) is 0 Å². The zero-order valence-corrected chi connectivity index (χ0v) is 10.1. The van der Waals surface area contributed by atoms with Crippen LogP contribution in [0, 0.1) is 5.92 Å². The van der Waals surface area contributed by atoms with Gasteiger partial charge in [-0.25, -0.2) is 0 Å². The Morgan fingerprint density at radius 2 is 1.69 bits per heavy atom. The van der Waals surface area contributed by atoms with Crippen molar-refractivity contribution < 1.29 is 0 Å². The molecule has 0 aromatic rings. The Bertz CT molecular complexity index is 97.7. The summed E-state index contributed by atoms with van der Waals surface area (Å²) in [5.41, 5.74) is 0. The van der Waals surface area contributed by atoms with E-state index in [0.29, 0.717) is 6.04 Å². The molecular weight excluding hydrogens is 158 g/mol. The van der Waals surface area contributed by atoms with Gasteiger partial charge in [0.15, 0.2) is 0 Å². The van der Waals surface area contributed by atoms with Gasteiger partial charge in [0.05, 0.1) is 0 Å². The van der Waals surface area contributed by atoms with E-state index in [1.165, 1.54) is 25.7 Å². The zero-order valence-electron chi connectivity index (χ0n) is 10.1. The molecule has 0 unspecified atom stereocenters. The van der Waals surface area contributed by atoms with E-state index in [1.54, 1.807) is 0 Å². The lowest BCUT2D eigenvalue weighted by Crippen LogP contribution is -2.35. The van der Waals surface area contributed by atoms with Crippen LogP contribution in [0.2, 0.25) is 0 Å². The van der Waals surface area contributed by atoms with Gasteiger partial charge in [-0.1, -0.05) is 47.5 Å². The molecule has 0 bridgehead atoms. The molecule has 0 aromatic heterocycles. The van der Waals surface area contributed by atoms with Crippen molar-refractivity contribution in [2.45, 2.75) is 72.4 Å². The summed E-state index contributed by atoms with van der Waals surface area (Å²) in [7, 11) is 0. The maximum absolute atomic E-state index is 3.65. The minimum Gasteiger partial charge on any atom is -0.312 e. The SMILES string of the molecule is CCCC[C@H](CC(C)C)NC(C)C. The third-order valence-corrected chi connectivity index (χ3v) is 2.23. The fourth-order valence-corrected chi connectivity index (χ4v) is 1.76. The van der Waals surface area contributed by atoms with Crippen molar-refractivity contribution in [1.29, 1.82) is 0 Å². The zero-order chi connectivity index (χ0) is 10.3. The first kappa shape index (κ1) is 13.0. The molecule has 0 amide bonds. The Kier molecular flexibility index (Phi) is 7.35. The van der Waals surface area contributed by atoms with Gasteiger partial charge in [0.2, 0.25) is 0 Å². The highest BCUT2D eigenvalue weighted by Gasteiger charge is 2.10.